The van der Waals surface area contributed by atoms with Crippen LogP contribution in [0.1, 0.15) is 11.1 Å². The second kappa shape index (κ2) is 10.3. The Hall–Kier alpha value is -4.72. The molecular weight excluding hydrogens is 480 g/mol. The number of aromatic amines is 2. The quantitative estimate of drug-likeness (QED) is 0.284. The highest BCUT2D eigenvalue weighted by atomic mass is 16.5. The number of fused-ring (bicyclic) bond motifs is 1. The molecule has 3 N–H and O–H groups in total. The molecule has 3 aromatic heterocycles. The zero-order chi connectivity index (χ0) is 25.9. The molecule has 4 heterocycles. The summed E-state index contributed by atoms with van der Waals surface area (Å²) in [6.07, 6.45) is 8.88. The van der Waals surface area contributed by atoms with Crippen LogP contribution in [-0.4, -0.2) is 68.4 Å². The van der Waals surface area contributed by atoms with Gasteiger partial charge in [-0.05, 0) is 29.8 Å². The lowest BCUT2D eigenvalue weighted by Crippen LogP contribution is -2.35. The first-order valence-corrected chi connectivity index (χ1v) is 12.3. The number of methoxy groups -OCH3 is 1. The summed E-state index contributed by atoms with van der Waals surface area (Å²) in [6, 6.07) is 13.8. The molecule has 10 heteroatoms. The zero-order valence-electron chi connectivity index (χ0n) is 20.9. The first-order chi connectivity index (χ1) is 18.7. The number of anilines is 2. The Labute approximate surface area is 219 Å². The minimum atomic E-state index is 0.492. The van der Waals surface area contributed by atoms with Crippen molar-refractivity contribution in [2.75, 3.05) is 38.7 Å². The normalized spacial score (nSPS) is 13.9. The van der Waals surface area contributed by atoms with Crippen LogP contribution in [0.2, 0.25) is 0 Å². The fourth-order valence-electron chi connectivity index (χ4n) is 4.48. The van der Waals surface area contributed by atoms with Crippen molar-refractivity contribution in [3.8, 4) is 41.0 Å². The van der Waals surface area contributed by atoms with Gasteiger partial charge in [0.2, 0.25) is 0 Å². The van der Waals surface area contributed by atoms with Crippen LogP contribution in [0.4, 0.5) is 11.5 Å². The number of morpholine rings is 1. The third-order valence-electron chi connectivity index (χ3n) is 6.45. The number of ether oxygens (including phenoxy) is 2. The minimum Gasteiger partial charge on any atom is -0.491 e. The number of benzene rings is 2. The summed E-state index contributed by atoms with van der Waals surface area (Å²) in [4.78, 5) is 19.8. The van der Waals surface area contributed by atoms with Gasteiger partial charge in [-0.1, -0.05) is 24.1 Å². The van der Waals surface area contributed by atoms with Crippen molar-refractivity contribution in [2.24, 2.45) is 0 Å². The number of H-pyrrole nitrogens is 2. The van der Waals surface area contributed by atoms with Crippen LogP contribution >= 0.6 is 0 Å². The number of hydrogen-bond donors (Lipinski definition) is 3. The molecule has 5 aromatic rings. The predicted molar refractivity (Wildman–Crippen MR) is 145 cm³/mol. The lowest BCUT2D eigenvalue weighted by Gasteiger charge is -2.26. The van der Waals surface area contributed by atoms with Crippen molar-refractivity contribution >= 4 is 22.5 Å². The molecule has 0 unspecified atom stereocenters. The smallest absolute Gasteiger partial charge is 0.179 e. The molecule has 0 radical (unpaired) electrons. The van der Waals surface area contributed by atoms with Gasteiger partial charge in [0.15, 0.2) is 23.2 Å². The minimum absolute atomic E-state index is 0.492. The van der Waals surface area contributed by atoms with Gasteiger partial charge >= 0.3 is 0 Å². The summed E-state index contributed by atoms with van der Waals surface area (Å²) in [7, 11) is 1.58. The van der Waals surface area contributed by atoms with Crippen LogP contribution in [0, 0.1) is 12.3 Å². The third kappa shape index (κ3) is 4.80. The average molecular weight is 507 g/mol. The lowest BCUT2D eigenvalue weighted by atomic mass is 10.1. The molecule has 0 bridgehead atoms. The molecular formula is C28H26N8O2. The number of rotatable bonds is 7. The SMILES string of the molecule is C#Cc1cccc(-c2ncc(OC)c(Nc3cn[nH]c3-c3nc4ccc(CN5CCOCC5)cc4[nH]3)n2)c1. The van der Waals surface area contributed by atoms with E-state index in [0.717, 1.165) is 55.0 Å². The molecule has 6 rings (SSSR count). The summed E-state index contributed by atoms with van der Waals surface area (Å²) in [5, 5.41) is 10.6. The Morgan fingerprint density at radius 3 is 2.87 bits per heavy atom. The zero-order valence-corrected chi connectivity index (χ0v) is 20.9. The Morgan fingerprint density at radius 1 is 1.13 bits per heavy atom. The molecule has 190 valence electrons. The monoisotopic (exact) mass is 506 g/mol. The van der Waals surface area contributed by atoms with Crippen LogP contribution in [0.15, 0.2) is 54.9 Å². The third-order valence-corrected chi connectivity index (χ3v) is 6.45. The van der Waals surface area contributed by atoms with E-state index in [4.69, 9.17) is 25.9 Å². The van der Waals surface area contributed by atoms with E-state index in [1.807, 2.05) is 30.3 Å². The summed E-state index contributed by atoms with van der Waals surface area (Å²) in [5.74, 6) is 4.82. The van der Waals surface area contributed by atoms with Crippen LogP contribution in [-0.2, 0) is 11.3 Å². The molecule has 0 spiro atoms. The van der Waals surface area contributed by atoms with Gasteiger partial charge in [-0.3, -0.25) is 10.00 Å². The molecule has 1 aliphatic heterocycles. The first-order valence-electron chi connectivity index (χ1n) is 12.3. The molecule has 1 fully saturated rings. The van der Waals surface area contributed by atoms with Gasteiger partial charge < -0.3 is 19.8 Å². The van der Waals surface area contributed by atoms with Gasteiger partial charge in [-0.15, -0.1) is 6.42 Å². The van der Waals surface area contributed by atoms with Gasteiger partial charge in [-0.25, -0.2) is 15.0 Å². The molecule has 0 saturated carbocycles. The highest BCUT2D eigenvalue weighted by Gasteiger charge is 2.17. The van der Waals surface area contributed by atoms with E-state index in [9.17, 15) is 0 Å². The lowest BCUT2D eigenvalue weighted by molar-refractivity contribution is 0.0342. The van der Waals surface area contributed by atoms with Crippen molar-refractivity contribution in [2.45, 2.75) is 6.54 Å². The first kappa shape index (κ1) is 23.7. The molecule has 0 aliphatic carbocycles. The molecule has 38 heavy (non-hydrogen) atoms. The molecule has 0 atom stereocenters. The second-order valence-electron chi connectivity index (χ2n) is 8.94. The van der Waals surface area contributed by atoms with Crippen LogP contribution < -0.4 is 10.1 Å². The van der Waals surface area contributed by atoms with Crippen molar-refractivity contribution in [1.29, 1.82) is 0 Å². The average Bonchev–Trinajstić information content (AvgIpc) is 3.60. The van der Waals surface area contributed by atoms with Crippen molar-refractivity contribution < 1.29 is 9.47 Å². The van der Waals surface area contributed by atoms with E-state index in [1.165, 1.54) is 5.56 Å². The molecule has 0 amide bonds. The number of nitrogens with zero attached hydrogens (tertiary/aromatic N) is 5. The number of imidazole rings is 1. The predicted octanol–water partition coefficient (Wildman–Crippen LogP) is 3.98. The molecule has 10 nitrogen and oxygen atoms in total. The van der Waals surface area contributed by atoms with Crippen molar-refractivity contribution in [3.63, 3.8) is 0 Å². The number of terminal acetylenes is 1. The van der Waals surface area contributed by atoms with E-state index >= 15 is 0 Å². The molecule has 1 aliphatic rings. The number of nitrogens with one attached hydrogen (secondary N) is 3. The Balaban J connectivity index is 1.28. The highest BCUT2D eigenvalue weighted by molar-refractivity contribution is 5.83. The van der Waals surface area contributed by atoms with E-state index < -0.39 is 0 Å². The van der Waals surface area contributed by atoms with E-state index in [2.05, 4.69) is 48.4 Å². The molecule has 1 saturated heterocycles. The maximum atomic E-state index is 5.56. The fourth-order valence-corrected chi connectivity index (χ4v) is 4.48. The largest absolute Gasteiger partial charge is 0.491 e. The van der Waals surface area contributed by atoms with Crippen LogP contribution in [0.3, 0.4) is 0 Å². The van der Waals surface area contributed by atoms with Crippen molar-refractivity contribution in [1.82, 2.24) is 35.0 Å². The Bertz CT molecular complexity index is 1630. The van der Waals surface area contributed by atoms with Gasteiger partial charge in [0, 0.05) is 30.8 Å². The summed E-state index contributed by atoms with van der Waals surface area (Å²) < 4.78 is 11.0. The summed E-state index contributed by atoms with van der Waals surface area (Å²) in [6.45, 7) is 4.33. The highest BCUT2D eigenvalue weighted by Crippen LogP contribution is 2.32. The van der Waals surface area contributed by atoms with Gasteiger partial charge in [0.1, 0.15) is 5.69 Å². The Morgan fingerprint density at radius 2 is 2.03 bits per heavy atom. The second-order valence-corrected chi connectivity index (χ2v) is 8.94. The summed E-state index contributed by atoms with van der Waals surface area (Å²) in [5.41, 5.74) is 6.02. The maximum Gasteiger partial charge on any atom is 0.179 e. The number of hydrogen-bond acceptors (Lipinski definition) is 8. The Kier molecular flexibility index (Phi) is 6.44. The van der Waals surface area contributed by atoms with Crippen LogP contribution in [0.25, 0.3) is 33.9 Å². The molecule has 2 aromatic carbocycles. The number of aromatic nitrogens is 6. The van der Waals surface area contributed by atoms with Gasteiger partial charge in [0.25, 0.3) is 0 Å². The van der Waals surface area contributed by atoms with E-state index in [-0.39, 0.29) is 0 Å². The maximum absolute atomic E-state index is 5.56. The van der Waals surface area contributed by atoms with E-state index in [0.29, 0.717) is 34.6 Å². The fraction of sp³-hybridized carbons (Fsp3) is 0.214. The standard InChI is InChI=1S/C28H26N8O2/c1-3-18-5-4-6-20(13-18)26-29-16-24(37-2)27(34-26)33-23-15-30-35-25(23)28-31-21-8-7-19(14-22(21)32-28)17-36-9-11-38-12-10-36/h1,4-8,13-16H,9-12,17H2,2H3,(H,30,35)(H,31,32)(H,29,33,34). The van der Waals surface area contributed by atoms with Gasteiger partial charge in [-0.2, -0.15) is 5.10 Å². The van der Waals surface area contributed by atoms with Crippen LogP contribution in [0.5, 0.6) is 5.75 Å². The summed E-state index contributed by atoms with van der Waals surface area (Å²) >= 11 is 0. The van der Waals surface area contributed by atoms with Gasteiger partial charge in [0.05, 0.1) is 49.4 Å². The van der Waals surface area contributed by atoms with E-state index in [1.54, 1.807) is 19.5 Å². The topological polar surface area (TPSA) is 117 Å². The van der Waals surface area contributed by atoms with Crippen molar-refractivity contribution in [3.05, 3.63) is 66.0 Å².